The van der Waals surface area contributed by atoms with Crippen molar-refractivity contribution in [3.8, 4) is 0 Å². The highest BCUT2D eigenvalue weighted by Crippen LogP contribution is 2.20. The number of sulfone groups is 1. The Balaban J connectivity index is 2.71. The van der Waals surface area contributed by atoms with E-state index in [0.29, 0.717) is 17.9 Å². The fourth-order valence-corrected chi connectivity index (χ4v) is 5.38. The van der Waals surface area contributed by atoms with Crippen LogP contribution in [0.2, 0.25) is 0 Å². The van der Waals surface area contributed by atoms with Crippen molar-refractivity contribution in [2.75, 3.05) is 24.4 Å². The van der Waals surface area contributed by atoms with Gasteiger partial charge in [-0.05, 0) is 12.8 Å². The van der Waals surface area contributed by atoms with Gasteiger partial charge in [0.25, 0.3) is 0 Å². The second-order valence-corrected chi connectivity index (χ2v) is 9.50. The van der Waals surface area contributed by atoms with E-state index in [1.54, 1.807) is 0 Å². The van der Waals surface area contributed by atoms with Gasteiger partial charge in [-0.15, -0.1) is 0 Å². The van der Waals surface area contributed by atoms with Gasteiger partial charge < -0.3 is 0 Å². The zero-order chi connectivity index (χ0) is 11.7. The Kier molecular flexibility index (Phi) is 4.19. The fourth-order valence-electron chi connectivity index (χ4n) is 1.45. The van der Waals surface area contributed by atoms with Gasteiger partial charge in [0.2, 0.25) is 10.0 Å². The zero-order valence-corrected chi connectivity index (χ0v) is 11.6. The number of sulfonamides is 1. The lowest BCUT2D eigenvalue weighted by molar-refractivity contribution is 0.356. The Bertz CT molecular complexity index is 408. The molecule has 1 rings (SSSR count). The van der Waals surface area contributed by atoms with Crippen molar-refractivity contribution in [3.05, 3.63) is 0 Å². The molecule has 0 aromatic heterocycles. The largest absolute Gasteiger partial charge is 0.228 e. The minimum absolute atomic E-state index is 0.335. The van der Waals surface area contributed by atoms with E-state index in [2.05, 4.69) is 15.9 Å². The predicted octanol–water partition coefficient (Wildman–Crippen LogP) is 0.178. The molecule has 0 unspecified atom stereocenters. The maximum atomic E-state index is 11.6. The molecule has 0 aromatic carbocycles. The quantitative estimate of drug-likeness (QED) is 0.696. The lowest BCUT2D eigenvalue weighted by atomic mass is 10.2. The van der Waals surface area contributed by atoms with Crippen LogP contribution in [0.5, 0.6) is 0 Å². The number of rotatable bonds is 3. The molecule has 1 heterocycles. The zero-order valence-electron chi connectivity index (χ0n) is 8.39. The molecule has 0 bridgehead atoms. The summed E-state index contributed by atoms with van der Waals surface area (Å²) in [5.74, 6) is 0. The number of halogens is 1. The second-order valence-electron chi connectivity index (χ2n) is 3.73. The molecule has 90 valence electrons. The Morgan fingerprint density at radius 1 is 1.20 bits per heavy atom. The molecule has 1 fully saturated rings. The summed E-state index contributed by atoms with van der Waals surface area (Å²) in [6.45, 7) is 0.793. The summed E-state index contributed by atoms with van der Waals surface area (Å²) in [7, 11) is -7.13. The van der Waals surface area contributed by atoms with E-state index in [1.165, 1.54) is 4.31 Å². The normalized spacial score (nSPS) is 21.7. The van der Waals surface area contributed by atoms with Gasteiger partial charge in [-0.2, -0.15) is 0 Å². The van der Waals surface area contributed by atoms with E-state index in [4.69, 9.17) is 0 Å². The summed E-state index contributed by atoms with van der Waals surface area (Å²) in [4.78, 5) is 0.335. The first-order valence-corrected chi connectivity index (χ1v) is 9.09. The van der Waals surface area contributed by atoms with Crippen LogP contribution < -0.4 is 0 Å². The standard InChI is InChI=1S/C7H14BrNO4S2/c1-14(10,11)6-15(12,13)9-4-2-7(8)3-5-9/h7H,2-6H2,1H3. The van der Waals surface area contributed by atoms with Gasteiger partial charge in [0.15, 0.2) is 14.9 Å². The molecule has 0 saturated carbocycles. The van der Waals surface area contributed by atoms with Crippen LogP contribution in [0.1, 0.15) is 12.8 Å². The van der Waals surface area contributed by atoms with Crippen molar-refractivity contribution in [1.29, 1.82) is 0 Å². The summed E-state index contributed by atoms with van der Waals surface area (Å²) in [6, 6.07) is 0. The van der Waals surface area contributed by atoms with Gasteiger partial charge in [-0.3, -0.25) is 0 Å². The molecule has 0 atom stereocenters. The van der Waals surface area contributed by atoms with Crippen LogP contribution in [-0.2, 0) is 19.9 Å². The minimum Gasteiger partial charge on any atom is -0.228 e. The molecule has 0 N–H and O–H groups in total. The van der Waals surface area contributed by atoms with Crippen LogP contribution in [0.3, 0.4) is 0 Å². The summed E-state index contributed by atoms with van der Waals surface area (Å²) < 4.78 is 46.4. The third-order valence-electron chi connectivity index (χ3n) is 2.14. The summed E-state index contributed by atoms with van der Waals surface area (Å²) in [5, 5.41) is -0.785. The van der Waals surface area contributed by atoms with Crippen molar-refractivity contribution in [1.82, 2.24) is 4.31 Å². The second kappa shape index (κ2) is 4.68. The number of alkyl halides is 1. The van der Waals surface area contributed by atoms with E-state index in [1.807, 2.05) is 0 Å². The van der Waals surface area contributed by atoms with Gasteiger partial charge in [-0.1, -0.05) is 15.9 Å². The molecule has 5 nitrogen and oxygen atoms in total. The maximum absolute atomic E-state index is 11.6. The van der Waals surface area contributed by atoms with Crippen molar-refractivity contribution in [2.45, 2.75) is 17.7 Å². The Morgan fingerprint density at radius 3 is 2.07 bits per heavy atom. The highest BCUT2D eigenvalue weighted by molar-refractivity contribution is 9.09. The van der Waals surface area contributed by atoms with Gasteiger partial charge in [0.1, 0.15) is 0 Å². The highest BCUT2D eigenvalue weighted by Gasteiger charge is 2.29. The van der Waals surface area contributed by atoms with Crippen molar-refractivity contribution >= 4 is 35.8 Å². The topological polar surface area (TPSA) is 71.5 Å². The molecule has 8 heteroatoms. The third kappa shape index (κ3) is 4.38. The van der Waals surface area contributed by atoms with Crippen LogP contribution in [0, 0.1) is 0 Å². The van der Waals surface area contributed by atoms with Crippen molar-refractivity contribution in [3.63, 3.8) is 0 Å². The molecule has 0 aliphatic carbocycles. The van der Waals surface area contributed by atoms with Gasteiger partial charge in [0, 0.05) is 24.2 Å². The van der Waals surface area contributed by atoms with Crippen molar-refractivity contribution < 1.29 is 16.8 Å². The molecule has 0 spiro atoms. The predicted molar refractivity (Wildman–Crippen MR) is 62.2 cm³/mol. The van der Waals surface area contributed by atoms with Gasteiger partial charge >= 0.3 is 0 Å². The van der Waals surface area contributed by atoms with E-state index < -0.39 is 24.9 Å². The van der Waals surface area contributed by atoms with Crippen molar-refractivity contribution in [2.24, 2.45) is 0 Å². The summed E-state index contributed by atoms with van der Waals surface area (Å²) in [6.07, 6.45) is 2.38. The molecule has 1 aliphatic heterocycles. The van der Waals surface area contributed by atoms with Crippen LogP contribution in [0.15, 0.2) is 0 Å². The van der Waals surface area contributed by atoms with Crippen LogP contribution in [0.4, 0.5) is 0 Å². The molecule has 15 heavy (non-hydrogen) atoms. The molecule has 0 amide bonds. The lowest BCUT2D eigenvalue weighted by Crippen LogP contribution is -2.41. The van der Waals surface area contributed by atoms with E-state index in [9.17, 15) is 16.8 Å². The first-order chi connectivity index (χ1) is 6.71. The number of nitrogens with zero attached hydrogens (tertiary/aromatic N) is 1. The first kappa shape index (κ1) is 13.4. The monoisotopic (exact) mass is 319 g/mol. The average molecular weight is 320 g/mol. The Labute approximate surface area is 98.9 Å². The van der Waals surface area contributed by atoms with E-state index >= 15 is 0 Å². The van der Waals surface area contributed by atoms with E-state index in [-0.39, 0.29) is 0 Å². The summed E-state index contributed by atoms with van der Waals surface area (Å²) in [5.41, 5.74) is 0. The molecular formula is C7H14BrNO4S2. The fraction of sp³-hybridized carbons (Fsp3) is 1.00. The number of piperidine rings is 1. The van der Waals surface area contributed by atoms with Crippen LogP contribution >= 0.6 is 15.9 Å². The maximum Gasteiger partial charge on any atom is 0.228 e. The molecular weight excluding hydrogens is 306 g/mol. The minimum atomic E-state index is -3.64. The Hall–Kier alpha value is 0.340. The van der Waals surface area contributed by atoms with Gasteiger partial charge in [0.05, 0.1) is 0 Å². The SMILES string of the molecule is CS(=O)(=O)CS(=O)(=O)N1CCC(Br)CC1. The Morgan fingerprint density at radius 2 is 1.67 bits per heavy atom. The average Bonchev–Trinajstić information content (AvgIpc) is 2.00. The van der Waals surface area contributed by atoms with Crippen LogP contribution in [0.25, 0.3) is 0 Å². The third-order valence-corrected chi connectivity index (χ3v) is 7.11. The number of hydrogen-bond acceptors (Lipinski definition) is 4. The smallest absolute Gasteiger partial charge is 0.228 e. The molecule has 1 aliphatic rings. The first-order valence-electron chi connectivity index (χ1n) is 4.50. The molecule has 1 saturated heterocycles. The summed E-state index contributed by atoms with van der Waals surface area (Å²) >= 11 is 3.40. The van der Waals surface area contributed by atoms with Gasteiger partial charge in [-0.25, -0.2) is 21.1 Å². The highest BCUT2D eigenvalue weighted by atomic mass is 79.9. The molecule has 0 radical (unpaired) electrons. The molecule has 0 aromatic rings. The van der Waals surface area contributed by atoms with E-state index in [0.717, 1.165) is 19.1 Å². The number of hydrogen-bond donors (Lipinski definition) is 0. The lowest BCUT2D eigenvalue weighted by Gasteiger charge is -2.28. The van der Waals surface area contributed by atoms with Crippen LogP contribution in [-0.4, -0.2) is 50.4 Å².